The Morgan fingerprint density at radius 2 is 1.88 bits per heavy atom. The van der Waals surface area contributed by atoms with E-state index in [0.29, 0.717) is 30.3 Å². The molecule has 2 N–H and O–H groups in total. The number of benzene rings is 2. The van der Waals surface area contributed by atoms with Gasteiger partial charge in [0.1, 0.15) is 10.8 Å². The number of carbonyl (C=O) groups excluding carboxylic acids is 2. The van der Waals surface area contributed by atoms with Crippen molar-refractivity contribution in [2.45, 2.75) is 25.3 Å². The summed E-state index contributed by atoms with van der Waals surface area (Å²) in [5.41, 5.74) is 1.45. The van der Waals surface area contributed by atoms with Gasteiger partial charge in [-0.3, -0.25) is 4.79 Å². The summed E-state index contributed by atoms with van der Waals surface area (Å²) >= 11 is 7.11. The molecule has 1 saturated heterocycles. The molecule has 3 aromatic rings. The molecule has 2 aromatic carbocycles. The molecule has 0 bridgehead atoms. The average molecular weight is 474 g/mol. The zero-order chi connectivity index (χ0) is 22.5. The summed E-state index contributed by atoms with van der Waals surface area (Å²) in [7, 11) is 0. The van der Waals surface area contributed by atoms with Gasteiger partial charge in [0.15, 0.2) is 0 Å². The van der Waals surface area contributed by atoms with Crippen LogP contribution in [0.3, 0.4) is 0 Å². The highest BCUT2D eigenvalue weighted by Crippen LogP contribution is 2.29. The number of urea groups is 1. The first-order valence-corrected chi connectivity index (χ1v) is 11.3. The highest BCUT2D eigenvalue weighted by atomic mass is 35.5. The largest absolute Gasteiger partial charge is 0.334 e. The fraction of sp³-hybridized carbons (Fsp3) is 0.273. The zero-order valence-electron chi connectivity index (χ0n) is 17.1. The first-order valence-electron chi connectivity index (χ1n) is 10.2. The van der Waals surface area contributed by atoms with Crippen molar-refractivity contribution in [3.63, 3.8) is 0 Å². The molecule has 0 unspecified atom stereocenters. The van der Waals surface area contributed by atoms with Gasteiger partial charge in [-0.15, -0.1) is 10.2 Å². The minimum absolute atomic E-state index is 0.0231. The third kappa shape index (κ3) is 5.60. The van der Waals surface area contributed by atoms with Crippen LogP contribution in [0, 0.1) is 5.82 Å². The Morgan fingerprint density at radius 3 is 2.62 bits per heavy atom. The molecule has 7 nitrogen and oxygen atoms in total. The van der Waals surface area contributed by atoms with Gasteiger partial charge in [-0.25, -0.2) is 9.18 Å². The molecule has 1 atom stereocenters. The maximum Gasteiger partial charge on any atom is 0.317 e. The SMILES string of the molecule is O=C(Nc1ccc(Cl)cc1)c1nnc([C@@H]2CCCN(C(=O)NCc3ccc(F)cc3)C2)s1. The number of hydrogen-bond donors (Lipinski definition) is 2. The second-order valence-corrected chi connectivity index (χ2v) is 8.92. The number of carbonyl (C=O) groups is 2. The van der Waals surface area contributed by atoms with Gasteiger partial charge in [0.2, 0.25) is 5.01 Å². The molecule has 1 fully saturated rings. The minimum atomic E-state index is -0.333. The van der Waals surface area contributed by atoms with E-state index in [9.17, 15) is 14.0 Å². The molecule has 10 heteroatoms. The van der Waals surface area contributed by atoms with E-state index >= 15 is 0 Å². The van der Waals surface area contributed by atoms with E-state index in [0.717, 1.165) is 23.4 Å². The number of nitrogens with one attached hydrogen (secondary N) is 2. The van der Waals surface area contributed by atoms with Crippen molar-refractivity contribution in [2.75, 3.05) is 18.4 Å². The second-order valence-electron chi connectivity index (χ2n) is 7.48. The number of halogens is 2. The van der Waals surface area contributed by atoms with Crippen LogP contribution in [0.1, 0.15) is 39.1 Å². The van der Waals surface area contributed by atoms with Gasteiger partial charge in [-0.05, 0) is 54.8 Å². The zero-order valence-corrected chi connectivity index (χ0v) is 18.6. The van der Waals surface area contributed by atoms with Gasteiger partial charge in [0.25, 0.3) is 5.91 Å². The predicted octanol–water partition coefficient (Wildman–Crippen LogP) is 4.67. The van der Waals surface area contributed by atoms with Gasteiger partial charge in [0, 0.05) is 36.3 Å². The number of hydrogen-bond acceptors (Lipinski definition) is 5. The molecule has 32 heavy (non-hydrogen) atoms. The normalized spacial score (nSPS) is 15.9. The van der Waals surface area contributed by atoms with Gasteiger partial charge >= 0.3 is 6.03 Å². The van der Waals surface area contributed by atoms with Crippen LogP contribution in [0.15, 0.2) is 48.5 Å². The van der Waals surface area contributed by atoms with Crippen LogP contribution in [0.25, 0.3) is 0 Å². The molecule has 0 aliphatic carbocycles. The van der Waals surface area contributed by atoms with E-state index in [4.69, 9.17) is 11.6 Å². The number of anilines is 1. The molecule has 2 heterocycles. The van der Waals surface area contributed by atoms with Crippen LogP contribution < -0.4 is 10.6 Å². The van der Waals surface area contributed by atoms with Gasteiger partial charge in [0.05, 0.1) is 0 Å². The summed E-state index contributed by atoms with van der Waals surface area (Å²) in [6, 6.07) is 12.7. The fourth-order valence-electron chi connectivity index (χ4n) is 3.46. The lowest BCUT2D eigenvalue weighted by Gasteiger charge is -2.31. The molecule has 1 aliphatic heterocycles. The fourth-order valence-corrected chi connectivity index (χ4v) is 4.45. The Hall–Kier alpha value is -3.04. The van der Waals surface area contributed by atoms with Crippen molar-refractivity contribution in [1.82, 2.24) is 20.4 Å². The van der Waals surface area contributed by atoms with E-state index in [1.54, 1.807) is 41.3 Å². The first-order chi connectivity index (χ1) is 15.5. The molecular formula is C22H21ClFN5O2S. The van der Waals surface area contributed by atoms with E-state index in [2.05, 4.69) is 20.8 Å². The summed E-state index contributed by atoms with van der Waals surface area (Å²) in [5.74, 6) is -0.618. The van der Waals surface area contributed by atoms with Crippen molar-refractivity contribution in [2.24, 2.45) is 0 Å². The maximum atomic E-state index is 13.0. The van der Waals surface area contributed by atoms with Crippen LogP contribution in [0.5, 0.6) is 0 Å². The van der Waals surface area contributed by atoms with Gasteiger partial charge in [-0.2, -0.15) is 0 Å². The monoisotopic (exact) mass is 473 g/mol. The highest BCUT2D eigenvalue weighted by molar-refractivity contribution is 7.13. The number of piperidine rings is 1. The summed E-state index contributed by atoms with van der Waals surface area (Å²) in [6.45, 7) is 1.48. The maximum absolute atomic E-state index is 13.0. The summed E-state index contributed by atoms with van der Waals surface area (Å²) < 4.78 is 13.0. The van der Waals surface area contributed by atoms with Crippen molar-refractivity contribution in [1.29, 1.82) is 0 Å². The minimum Gasteiger partial charge on any atom is -0.334 e. The van der Waals surface area contributed by atoms with E-state index in [1.165, 1.54) is 23.5 Å². The Kier molecular flexibility index (Phi) is 6.96. The number of rotatable bonds is 5. The third-order valence-electron chi connectivity index (χ3n) is 5.15. The number of nitrogens with zero attached hydrogens (tertiary/aromatic N) is 3. The molecule has 1 aliphatic rings. The van der Waals surface area contributed by atoms with Crippen LogP contribution in [-0.2, 0) is 6.54 Å². The van der Waals surface area contributed by atoms with E-state index in [-0.39, 0.29) is 28.7 Å². The smallest absolute Gasteiger partial charge is 0.317 e. The first kappa shape index (κ1) is 22.2. The Morgan fingerprint density at radius 1 is 1.12 bits per heavy atom. The average Bonchev–Trinajstić information content (AvgIpc) is 3.31. The molecule has 166 valence electrons. The van der Waals surface area contributed by atoms with E-state index < -0.39 is 0 Å². The molecule has 3 amide bonds. The molecule has 0 radical (unpaired) electrons. The van der Waals surface area contributed by atoms with Crippen LogP contribution in [0.2, 0.25) is 5.02 Å². The Bertz CT molecular complexity index is 1090. The number of likely N-dealkylation sites (tertiary alicyclic amines) is 1. The standard InChI is InChI=1S/C22H21ClFN5O2S/c23-16-5-9-18(10-6-16)26-19(30)21-28-27-20(32-21)15-2-1-11-29(13-15)22(31)25-12-14-3-7-17(24)8-4-14/h3-10,15H,1-2,11-13H2,(H,25,31)(H,26,30)/t15-/m1/s1. The molecule has 0 spiro atoms. The summed E-state index contributed by atoms with van der Waals surface area (Å²) in [6.07, 6.45) is 1.70. The van der Waals surface area contributed by atoms with Crippen LogP contribution in [0.4, 0.5) is 14.9 Å². The second kappa shape index (κ2) is 10.1. The van der Waals surface area contributed by atoms with Gasteiger partial charge in [-0.1, -0.05) is 35.1 Å². The Balaban J connectivity index is 1.33. The summed E-state index contributed by atoms with van der Waals surface area (Å²) in [4.78, 5) is 26.8. The molecule has 1 aromatic heterocycles. The van der Waals surface area contributed by atoms with Crippen molar-refractivity contribution < 1.29 is 14.0 Å². The van der Waals surface area contributed by atoms with Crippen molar-refractivity contribution in [3.05, 3.63) is 74.9 Å². The lowest BCUT2D eigenvalue weighted by molar-refractivity contribution is 0.102. The lowest BCUT2D eigenvalue weighted by Crippen LogP contribution is -2.44. The van der Waals surface area contributed by atoms with E-state index in [1.807, 2.05) is 0 Å². The Labute approximate surface area is 193 Å². The predicted molar refractivity (Wildman–Crippen MR) is 121 cm³/mol. The van der Waals surface area contributed by atoms with Crippen LogP contribution in [-0.4, -0.2) is 40.1 Å². The molecule has 4 rings (SSSR count). The quantitative estimate of drug-likeness (QED) is 0.563. The number of aromatic nitrogens is 2. The summed E-state index contributed by atoms with van der Waals surface area (Å²) in [5, 5.41) is 15.5. The third-order valence-corrected chi connectivity index (χ3v) is 6.49. The molecular weight excluding hydrogens is 453 g/mol. The molecule has 0 saturated carbocycles. The van der Waals surface area contributed by atoms with Gasteiger partial charge < -0.3 is 15.5 Å². The number of amides is 3. The highest BCUT2D eigenvalue weighted by Gasteiger charge is 2.28. The topological polar surface area (TPSA) is 87.2 Å². The van der Waals surface area contributed by atoms with Crippen molar-refractivity contribution in [3.8, 4) is 0 Å². The van der Waals surface area contributed by atoms with Crippen LogP contribution >= 0.6 is 22.9 Å². The lowest BCUT2D eigenvalue weighted by atomic mass is 9.99. The van der Waals surface area contributed by atoms with Crippen molar-refractivity contribution >= 4 is 40.6 Å².